The Morgan fingerprint density at radius 1 is 1.27 bits per heavy atom. The number of hydrogen-bond donors (Lipinski definition) is 2. The lowest BCUT2D eigenvalue weighted by atomic mass is 10.2. The van der Waals surface area contributed by atoms with Crippen LogP contribution in [0.5, 0.6) is 0 Å². The molecule has 1 amide bonds. The number of anilines is 1. The van der Waals surface area contributed by atoms with E-state index < -0.39 is 17.4 Å². The van der Waals surface area contributed by atoms with Crippen molar-refractivity contribution in [3.63, 3.8) is 0 Å². The third-order valence-corrected chi connectivity index (χ3v) is 4.87. The lowest BCUT2D eigenvalue weighted by Crippen LogP contribution is -2.30. The minimum absolute atomic E-state index is 0.00769. The lowest BCUT2D eigenvalue weighted by molar-refractivity contribution is -0.116. The Morgan fingerprint density at radius 2 is 1.92 bits per heavy atom. The van der Waals surface area contributed by atoms with Gasteiger partial charge in [0.1, 0.15) is 17.2 Å². The van der Waals surface area contributed by atoms with E-state index in [4.69, 9.17) is 23.2 Å². The molecule has 7 nitrogen and oxygen atoms in total. The van der Waals surface area contributed by atoms with E-state index in [0.29, 0.717) is 26.4 Å². The van der Waals surface area contributed by atoms with Gasteiger partial charge in [-0.2, -0.15) is 0 Å². The van der Waals surface area contributed by atoms with E-state index in [1.165, 1.54) is 23.6 Å². The molecule has 0 aliphatic heterocycles. The summed E-state index contributed by atoms with van der Waals surface area (Å²) >= 11 is 12.8. The molecule has 0 saturated heterocycles. The minimum atomic E-state index is -1.22. The number of rotatable bonds is 4. The van der Waals surface area contributed by atoms with Gasteiger partial charge in [-0.05, 0) is 25.1 Å². The molecule has 3 aromatic rings. The summed E-state index contributed by atoms with van der Waals surface area (Å²) in [6.07, 6.45) is 0. The molecule has 10 heteroatoms. The first-order valence-electron chi connectivity index (χ1n) is 7.24. The smallest absolute Gasteiger partial charge is 0.337 e. The van der Waals surface area contributed by atoms with Crippen LogP contribution in [0.4, 0.5) is 5.69 Å². The van der Waals surface area contributed by atoms with E-state index in [9.17, 15) is 19.5 Å². The van der Waals surface area contributed by atoms with Crippen molar-refractivity contribution in [2.45, 2.75) is 13.5 Å². The Bertz CT molecular complexity index is 1090. The van der Waals surface area contributed by atoms with Crippen molar-refractivity contribution in [2.75, 3.05) is 5.32 Å². The number of carbonyl (C=O) groups is 2. The van der Waals surface area contributed by atoms with Crippen LogP contribution in [0.15, 0.2) is 28.4 Å². The molecule has 0 atom stereocenters. The standard InChI is InChI=1S/C16H11Cl2N3O4S/c1-7-19-14-13(11(6-26-14)16(24)25)15(23)21(7)5-12(22)20-10-3-8(17)2-9(18)4-10/h2-4,6H,5H2,1H3,(H,20,22)(H,24,25). The molecule has 0 unspecified atom stereocenters. The summed E-state index contributed by atoms with van der Waals surface area (Å²) in [5.41, 5.74) is -0.322. The zero-order chi connectivity index (χ0) is 19.0. The van der Waals surface area contributed by atoms with Crippen LogP contribution < -0.4 is 10.9 Å². The number of benzene rings is 1. The molecule has 3 rings (SSSR count). The van der Waals surface area contributed by atoms with Crippen molar-refractivity contribution in [2.24, 2.45) is 0 Å². The van der Waals surface area contributed by atoms with Gasteiger partial charge in [0.2, 0.25) is 5.91 Å². The fourth-order valence-corrected chi connectivity index (χ4v) is 3.91. The molecule has 0 radical (unpaired) electrons. The van der Waals surface area contributed by atoms with Gasteiger partial charge in [0, 0.05) is 21.1 Å². The Balaban J connectivity index is 1.95. The van der Waals surface area contributed by atoms with Gasteiger partial charge in [0.05, 0.1) is 10.9 Å². The second-order valence-electron chi connectivity index (χ2n) is 5.39. The topological polar surface area (TPSA) is 101 Å². The van der Waals surface area contributed by atoms with Crippen molar-refractivity contribution in [3.05, 3.63) is 55.4 Å². The summed E-state index contributed by atoms with van der Waals surface area (Å²) in [4.78, 5) is 40.8. The third-order valence-electron chi connectivity index (χ3n) is 3.56. The average molecular weight is 412 g/mol. The minimum Gasteiger partial charge on any atom is -0.478 e. The van der Waals surface area contributed by atoms with Gasteiger partial charge < -0.3 is 10.4 Å². The lowest BCUT2D eigenvalue weighted by Gasteiger charge is -2.11. The molecule has 1 aromatic carbocycles. The van der Waals surface area contributed by atoms with Crippen LogP contribution in [-0.2, 0) is 11.3 Å². The number of carbonyl (C=O) groups excluding carboxylic acids is 1. The number of thiophene rings is 1. The number of aromatic nitrogens is 2. The monoisotopic (exact) mass is 411 g/mol. The highest BCUT2D eigenvalue weighted by atomic mass is 35.5. The van der Waals surface area contributed by atoms with Crippen LogP contribution in [-0.4, -0.2) is 26.5 Å². The first kappa shape index (κ1) is 18.4. The molecule has 2 heterocycles. The highest BCUT2D eigenvalue weighted by molar-refractivity contribution is 7.17. The normalized spacial score (nSPS) is 10.9. The van der Waals surface area contributed by atoms with Gasteiger partial charge in [0.15, 0.2) is 0 Å². The molecule has 0 bridgehead atoms. The second-order valence-corrected chi connectivity index (χ2v) is 7.12. The maximum atomic E-state index is 12.7. The Hall–Kier alpha value is -2.42. The van der Waals surface area contributed by atoms with Gasteiger partial charge in [-0.1, -0.05) is 23.2 Å². The van der Waals surface area contributed by atoms with Crippen LogP contribution in [0.25, 0.3) is 10.2 Å². The van der Waals surface area contributed by atoms with Crippen molar-refractivity contribution in [3.8, 4) is 0 Å². The zero-order valence-electron chi connectivity index (χ0n) is 13.2. The van der Waals surface area contributed by atoms with E-state index in [-0.39, 0.29) is 17.5 Å². The molecule has 26 heavy (non-hydrogen) atoms. The van der Waals surface area contributed by atoms with Crippen molar-refractivity contribution < 1.29 is 14.7 Å². The maximum Gasteiger partial charge on any atom is 0.337 e. The summed E-state index contributed by atoms with van der Waals surface area (Å²) < 4.78 is 1.13. The highest BCUT2D eigenvalue weighted by Crippen LogP contribution is 2.23. The molecule has 0 aliphatic rings. The molecule has 0 aliphatic carbocycles. The van der Waals surface area contributed by atoms with Crippen LogP contribution in [0, 0.1) is 6.92 Å². The van der Waals surface area contributed by atoms with Gasteiger partial charge in [-0.15, -0.1) is 11.3 Å². The summed E-state index contributed by atoms with van der Waals surface area (Å²) in [5, 5.41) is 13.9. The molecule has 0 spiro atoms. The largest absolute Gasteiger partial charge is 0.478 e. The number of fused-ring (bicyclic) bond motifs is 1. The van der Waals surface area contributed by atoms with E-state index in [1.807, 2.05) is 0 Å². The van der Waals surface area contributed by atoms with Gasteiger partial charge in [-0.3, -0.25) is 14.2 Å². The number of nitrogens with zero attached hydrogens (tertiary/aromatic N) is 2. The number of aromatic carboxylic acids is 1. The summed E-state index contributed by atoms with van der Waals surface area (Å²) in [7, 11) is 0. The molecule has 2 aromatic heterocycles. The predicted octanol–water partition coefficient (Wildman–Crippen LogP) is 3.41. The Labute approximate surface area is 160 Å². The number of aryl methyl sites for hydroxylation is 1. The molecular formula is C16H11Cl2N3O4S. The second kappa shape index (κ2) is 7.06. The number of carboxylic acid groups (broad SMARTS) is 1. The number of nitrogens with one attached hydrogen (secondary N) is 1. The average Bonchev–Trinajstić information content (AvgIpc) is 2.94. The van der Waals surface area contributed by atoms with E-state index in [2.05, 4.69) is 10.3 Å². The first-order valence-corrected chi connectivity index (χ1v) is 8.87. The molecule has 134 valence electrons. The number of halogens is 2. The predicted molar refractivity (Wildman–Crippen MR) is 101 cm³/mol. The first-order chi connectivity index (χ1) is 12.3. The zero-order valence-corrected chi connectivity index (χ0v) is 15.6. The highest BCUT2D eigenvalue weighted by Gasteiger charge is 2.19. The summed E-state index contributed by atoms with van der Waals surface area (Å²) in [6.45, 7) is 1.25. The van der Waals surface area contributed by atoms with Crippen molar-refractivity contribution in [1.29, 1.82) is 0 Å². The van der Waals surface area contributed by atoms with Gasteiger partial charge >= 0.3 is 5.97 Å². The van der Waals surface area contributed by atoms with Crippen LogP contribution in [0.3, 0.4) is 0 Å². The molecule has 0 fully saturated rings. The fraction of sp³-hybridized carbons (Fsp3) is 0.125. The van der Waals surface area contributed by atoms with Crippen LogP contribution >= 0.6 is 34.5 Å². The third kappa shape index (κ3) is 3.57. The molecule has 0 saturated carbocycles. The number of amides is 1. The Kier molecular flexibility index (Phi) is 4.99. The fourth-order valence-electron chi connectivity index (χ4n) is 2.44. The van der Waals surface area contributed by atoms with Crippen LogP contribution in [0.2, 0.25) is 10.0 Å². The van der Waals surface area contributed by atoms with Crippen molar-refractivity contribution in [1.82, 2.24) is 9.55 Å². The summed E-state index contributed by atoms with van der Waals surface area (Å²) in [6, 6.07) is 4.56. The van der Waals surface area contributed by atoms with Crippen molar-refractivity contribution >= 4 is 62.3 Å². The van der Waals surface area contributed by atoms with E-state index >= 15 is 0 Å². The van der Waals surface area contributed by atoms with Gasteiger partial charge in [0.25, 0.3) is 5.56 Å². The quantitative estimate of drug-likeness (QED) is 0.684. The summed E-state index contributed by atoms with van der Waals surface area (Å²) in [5.74, 6) is -1.41. The maximum absolute atomic E-state index is 12.7. The molecule has 2 N–H and O–H groups in total. The van der Waals surface area contributed by atoms with E-state index in [0.717, 1.165) is 15.9 Å². The number of carboxylic acids is 1. The molecular weight excluding hydrogens is 401 g/mol. The Morgan fingerprint density at radius 3 is 2.54 bits per heavy atom. The van der Waals surface area contributed by atoms with Gasteiger partial charge in [-0.25, -0.2) is 9.78 Å². The van der Waals surface area contributed by atoms with Crippen LogP contribution in [0.1, 0.15) is 16.2 Å². The number of hydrogen-bond acceptors (Lipinski definition) is 5. The SMILES string of the molecule is Cc1nc2scc(C(=O)O)c2c(=O)n1CC(=O)Nc1cc(Cl)cc(Cl)c1. The van der Waals surface area contributed by atoms with E-state index in [1.54, 1.807) is 6.92 Å².